The summed E-state index contributed by atoms with van der Waals surface area (Å²) < 4.78 is 0. The number of hydrogen-bond donors (Lipinski definition) is 3. The molecule has 1 heterocycles. The van der Waals surface area contributed by atoms with Crippen LogP contribution in [0, 0.1) is 0 Å². The van der Waals surface area contributed by atoms with Gasteiger partial charge in [0, 0.05) is 24.3 Å². The van der Waals surface area contributed by atoms with Gasteiger partial charge in [0.2, 0.25) is 0 Å². The van der Waals surface area contributed by atoms with E-state index in [4.69, 9.17) is 17.3 Å². The van der Waals surface area contributed by atoms with Crippen LogP contribution in [0.2, 0.25) is 0 Å². The standard InChI is InChI=1S/C14H17N5/c15-12-6-7-13(16)14-11(12)9-18(19(14)17)8-10-4-2-1-3-5-10/h1-7H,8-9,15-17H2. The first-order chi connectivity index (χ1) is 9.16. The molecule has 0 spiro atoms. The molecule has 0 fully saturated rings. The van der Waals surface area contributed by atoms with Crippen LogP contribution in [-0.4, -0.2) is 5.01 Å². The van der Waals surface area contributed by atoms with Gasteiger partial charge in [-0.3, -0.25) is 0 Å². The van der Waals surface area contributed by atoms with Gasteiger partial charge in [0.1, 0.15) is 0 Å². The van der Waals surface area contributed by atoms with E-state index in [1.54, 1.807) is 11.2 Å². The summed E-state index contributed by atoms with van der Waals surface area (Å²) >= 11 is 0. The van der Waals surface area contributed by atoms with Gasteiger partial charge in [0.25, 0.3) is 0 Å². The molecule has 1 aliphatic heterocycles. The highest BCUT2D eigenvalue weighted by Crippen LogP contribution is 2.38. The summed E-state index contributed by atoms with van der Waals surface area (Å²) in [4.78, 5) is 0. The number of anilines is 3. The maximum absolute atomic E-state index is 6.13. The summed E-state index contributed by atoms with van der Waals surface area (Å²) in [5, 5.41) is 3.63. The number of hydrogen-bond acceptors (Lipinski definition) is 5. The lowest BCUT2D eigenvalue weighted by Crippen LogP contribution is -2.42. The zero-order valence-electron chi connectivity index (χ0n) is 10.6. The third-order valence-corrected chi connectivity index (χ3v) is 3.43. The minimum atomic E-state index is 0.655. The molecule has 3 rings (SSSR count). The molecule has 0 atom stereocenters. The SMILES string of the molecule is Nc1ccc(N)c2c1CN(Cc1ccccc1)N2N. The van der Waals surface area contributed by atoms with Gasteiger partial charge in [-0.2, -0.15) is 5.01 Å². The van der Waals surface area contributed by atoms with E-state index in [2.05, 4.69) is 12.1 Å². The first-order valence-electron chi connectivity index (χ1n) is 6.17. The second kappa shape index (κ2) is 4.46. The molecule has 0 unspecified atom stereocenters. The van der Waals surface area contributed by atoms with Crippen LogP contribution in [0.1, 0.15) is 11.1 Å². The Bertz CT molecular complexity index is 596. The first-order valence-corrected chi connectivity index (χ1v) is 6.17. The van der Waals surface area contributed by atoms with E-state index >= 15 is 0 Å². The molecule has 5 nitrogen and oxygen atoms in total. The Hall–Kier alpha value is -2.24. The smallest absolute Gasteiger partial charge is 0.0997 e. The third-order valence-electron chi connectivity index (χ3n) is 3.43. The van der Waals surface area contributed by atoms with Gasteiger partial charge in [-0.25, -0.2) is 11.0 Å². The van der Waals surface area contributed by atoms with Crippen LogP contribution in [0.4, 0.5) is 17.1 Å². The summed E-state index contributed by atoms with van der Waals surface area (Å²) in [6.45, 7) is 1.41. The van der Waals surface area contributed by atoms with Gasteiger partial charge in [0.15, 0.2) is 0 Å². The van der Waals surface area contributed by atoms with Crippen molar-refractivity contribution >= 4 is 17.1 Å². The van der Waals surface area contributed by atoms with Gasteiger partial charge < -0.3 is 11.5 Å². The first kappa shape index (κ1) is 11.8. The normalized spacial score (nSPS) is 14.7. The number of rotatable bonds is 2. The van der Waals surface area contributed by atoms with Gasteiger partial charge >= 0.3 is 0 Å². The van der Waals surface area contributed by atoms with Crippen molar-refractivity contribution in [2.45, 2.75) is 13.1 Å². The van der Waals surface area contributed by atoms with Crippen LogP contribution in [-0.2, 0) is 13.1 Å². The van der Waals surface area contributed by atoms with E-state index in [0.717, 1.165) is 23.5 Å². The molecule has 1 aliphatic rings. The molecule has 0 saturated carbocycles. The predicted octanol–water partition coefficient (Wildman–Crippen LogP) is 1.46. The van der Waals surface area contributed by atoms with Crippen molar-refractivity contribution < 1.29 is 0 Å². The van der Waals surface area contributed by atoms with Gasteiger partial charge in [-0.15, -0.1) is 0 Å². The Labute approximate surface area is 112 Å². The number of hydrazine groups is 2. The molecule has 0 aliphatic carbocycles. The number of nitrogens with two attached hydrogens (primary N) is 3. The highest BCUT2D eigenvalue weighted by atomic mass is 15.8. The molecule has 0 bridgehead atoms. The average molecular weight is 255 g/mol. The minimum absolute atomic E-state index is 0.655. The second-order valence-corrected chi connectivity index (χ2v) is 4.72. The van der Waals surface area contributed by atoms with E-state index in [1.165, 1.54) is 5.56 Å². The molecule has 0 saturated heterocycles. The minimum Gasteiger partial charge on any atom is -0.398 e. The topological polar surface area (TPSA) is 84.5 Å². The highest BCUT2D eigenvalue weighted by molar-refractivity contribution is 5.78. The zero-order chi connectivity index (χ0) is 13.4. The van der Waals surface area contributed by atoms with Crippen LogP contribution >= 0.6 is 0 Å². The number of fused-ring (bicyclic) bond motifs is 1. The summed E-state index contributed by atoms with van der Waals surface area (Å²) in [5.41, 5.74) is 16.4. The van der Waals surface area contributed by atoms with Crippen molar-refractivity contribution in [2.75, 3.05) is 16.6 Å². The van der Waals surface area contributed by atoms with Crippen LogP contribution in [0.3, 0.4) is 0 Å². The predicted molar refractivity (Wildman–Crippen MR) is 77.6 cm³/mol. The highest BCUT2D eigenvalue weighted by Gasteiger charge is 2.28. The summed E-state index contributed by atoms with van der Waals surface area (Å²) in [6, 6.07) is 13.8. The van der Waals surface area contributed by atoms with E-state index < -0.39 is 0 Å². The molecule has 2 aromatic carbocycles. The van der Waals surface area contributed by atoms with Crippen molar-refractivity contribution in [1.82, 2.24) is 5.01 Å². The quantitative estimate of drug-likeness (QED) is 0.559. The molecule has 0 amide bonds. The van der Waals surface area contributed by atoms with Crippen molar-refractivity contribution in [1.29, 1.82) is 0 Å². The molecular formula is C14H17N5. The van der Waals surface area contributed by atoms with Crippen LogP contribution < -0.4 is 22.4 Å². The van der Waals surface area contributed by atoms with Crippen LogP contribution in [0.25, 0.3) is 0 Å². The van der Waals surface area contributed by atoms with E-state index in [0.29, 0.717) is 12.2 Å². The molecule has 98 valence electrons. The molecule has 2 aromatic rings. The average Bonchev–Trinajstić information content (AvgIpc) is 2.74. The van der Waals surface area contributed by atoms with Gasteiger partial charge in [0.05, 0.1) is 11.4 Å². The van der Waals surface area contributed by atoms with Crippen LogP contribution in [0.15, 0.2) is 42.5 Å². The van der Waals surface area contributed by atoms with E-state index in [9.17, 15) is 0 Å². The molecule has 6 N–H and O–H groups in total. The Morgan fingerprint density at radius 3 is 2.32 bits per heavy atom. The summed E-state index contributed by atoms with van der Waals surface area (Å²) in [6.07, 6.45) is 0. The van der Waals surface area contributed by atoms with Crippen molar-refractivity contribution in [2.24, 2.45) is 5.84 Å². The molecular weight excluding hydrogens is 238 g/mol. The fraction of sp³-hybridized carbons (Fsp3) is 0.143. The Kier molecular flexibility index (Phi) is 2.77. The largest absolute Gasteiger partial charge is 0.398 e. The molecule has 0 aromatic heterocycles. The zero-order valence-corrected chi connectivity index (χ0v) is 10.6. The second-order valence-electron chi connectivity index (χ2n) is 4.72. The number of nitrogens with zero attached hydrogens (tertiary/aromatic N) is 2. The van der Waals surface area contributed by atoms with E-state index in [-0.39, 0.29) is 0 Å². The third kappa shape index (κ3) is 1.99. The Balaban J connectivity index is 1.89. The van der Waals surface area contributed by atoms with E-state index in [1.807, 2.05) is 29.3 Å². The molecule has 5 heteroatoms. The van der Waals surface area contributed by atoms with Gasteiger partial charge in [-0.1, -0.05) is 30.3 Å². The van der Waals surface area contributed by atoms with Crippen LogP contribution in [0.5, 0.6) is 0 Å². The Morgan fingerprint density at radius 2 is 1.63 bits per heavy atom. The summed E-state index contributed by atoms with van der Waals surface area (Å²) in [7, 11) is 0. The lowest BCUT2D eigenvalue weighted by molar-refractivity contribution is 0.256. The molecule has 0 radical (unpaired) electrons. The number of benzene rings is 2. The lowest BCUT2D eigenvalue weighted by Gasteiger charge is -2.25. The summed E-state index contributed by atoms with van der Waals surface area (Å²) in [5.74, 6) is 6.13. The van der Waals surface area contributed by atoms with Gasteiger partial charge in [-0.05, 0) is 17.7 Å². The maximum Gasteiger partial charge on any atom is 0.0997 e. The number of nitrogen functional groups attached to an aromatic ring is 2. The van der Waals surface area contributed by atoms with Crippen molar-refractivity contribution in [3.05, 3.63) is 53.6 Å². The van der Waals surface area contributed by atoms with Crippen molar-refractivity contribution in [3.8, 4) is 0 Å². The maximum atomic E-state index is 6.13. The molecule has 19 heavy (non-hydrogen) atoms. The monoisotopic (exact) mass is 255 g/mol. The Morgan fingerprint density at radius 1 is 0.947 bits per heavy atom. The fourth-order valence-electron chi connectivity index (χ4n) is 2.43. The fourth-order valence-corrected chi connectivity index (χ4v) is 2.43. The van der Waals surface area contributed by atoms with Crippen molar-refractivity contribution in [3.63, 3.8) is 0 Å². The lowest BCUT2D eigenvalue weighted by atomic mass is 10.1.